The van der Waals surface area contributed by atoms with Crippen molar-refractivity contribution in [3.8, 4) is 0 Å². The van der Waals surface area contributed by atoms with Gasteiger partial charge in [0.2, 0.25) is 0 Å². The Kier molecular flexibility index (Phi) is 17.7. The summed E-state index contributed by atoms with van der Waals surface area (Å²) in [4.78, 5) is 18.5. The van der Waals surface area contributed by atoms with Gasteiger partial charge in [-0.15, -0.1) is 0 Å². The number of carbonyl (C=O) groups is 2. The third kappa shape index (κ3) is 48.8. The summed E-state index contributed by atoms with van der Waals surface area (Å²) in [5, 5.41) is 15.2. The van der Waals surface area contributed by atoms with Crippen LogP contribution in [0.5, 0.6) is 0 Å². The zero-order valence-electron chi connectivity index (χ0n) is 7.28. The molecule has 0 heterocycles. The molecule has 0 saturated carbocycles. The van der Waals surface area contributed by atoms with Crippen LogP contribution in [0.25, 0.3) is 0 Å². The van der Waals surface area contributed by atoms with E-state index in [4.69, 9.17) is 10.2 Å². The number of aliphatic carboxylic acids is 2. The summed E-state index contributed by atoms with van der Waals surface area (Å²) < 4.78 is 0. The second-order valence-corrected chi connectivity index (χ2v) is 1.08. The Bertz CT molecular complexity index is 140. The molecular weight excluding hydrogens is 143 g/mol. The first-order valence-corrected chi connectivity index (χ1v) is 2.25. The van der Waals surface area contributed by atoms with Crippen LogP contribution in [0.15, 0.2) is 25.3 Å². The van der Waals surface area contributed by atoms with Crippen LogP contribution >= 0.6 is 0 Å². The van der Waals surface area contributed by atoms with E-state index >= 15 is 0 Å². The predicted molar refractivity (Wildman–Crippen MR) is 36.8 cm³/mol. The number of rotatable bonds is 2. The van der Waals surface area contributed by atoms with Crippen molar-refractivity contribution < 1.29 is 40.1 Å². The summed E-state index contributed by atoms with van der Waals surface area (Å²) in [5.74, 6) is -1.96. The molecule has 0 radical (unpaired) electrons. The average Bonchev–Trinajstić information content (AvgIpc) is 1.89. The van der Waals surface area contributed by atoms with Gasteiger partial charge >= 0.3 is 30.8 Å². The van der Waals surface area contributed by atoms with Crippen LogP contribution in [0.2, 0.25) is 0 Å². The number of hydrogen-bond acceptors (Lipinski definition) is 2. The van der Waals surface area contributed by atoms with Crippen molar-refractivity contribution in [2.24, 2.45) is 0 Å². The number of carboxylic acid groups (broad SMARTS) is 2. The van der Waals surface area contributed by atoms with Gasteiger partial charge < -0.3 is 11.6 Å². The SMILES string of the molecule is C=CC(=O)O.C=CC(=O)O.[H-].[Li+]. The molecule has 0 aromatic rings. The maximum Gasteiger partial charge on any atom is 1.00 e. The van der Waals surface area contributed by atoms with E-state index in [0.29, 0.717) is 0 Å². The largest absolute Gasteiger partial charge is 1.00 e. The number of carboxylic acids is 2. The van der Waals surface area contributed by atoms with E-state index in [1.54, 1.807) is 0 Å². The molecule has 58 valence electrons. The van der Waals surface area contributed by atoms with Gasteiger partial charge in [-0.3, -0.25) is 0 Å². The zero-order chi connectivity index (χ0) is 8.57. The fraction of sp³-hybridized carbons (Fsp3) is 0. The second-order valence-electron chi connectivity index (χ2n) is 1.08. The van der Waals surface area contributed by atoms with Crippen molar-refractivity contribution in [3.05, 3.63) is 25.3 Å². The van der Waals surface area contributed by atoms with Crippen molar-refractivity contribution in [3.63, 3.8) is 0 Å². The van der Waals surface area contributed by atoms with Gasteiger partial charge in [-0.1, -0.05) is 13.2 Å². The van der Waals surface area contributed by atoms with Crippen LogP contribution in [0.3, 0.4) is 0 Å². The topological polar surface area (TPSA) is 74.6 Å². The van der Waals surface area contributed by atoms with Gasteiger partial charge in [0.25, 0.3) is 0 Å². The Balaban J connectivity index is -0.0000000457. The molecule has 0 aromatic heterocycles. The first kappa shape index (κ1) is 16.5. The first-order chi connectivity index (χ1) is 4.54. The summed E-state index contributed by atoms with van der Waals surface area (Å²) in [7, 11) is 0. The molecule has 4 nitrogen and oxygen atoms in total. The van der Waals surface area contributed by atoms with Crippen LogP contribution < -0.4 is 18.9 Å². The third-order valence-corrected chi connectivity index (χ3v) is 0.349. The zero-order valence-corrected chi connectivity index (χ0v) is 6.28. The van der Waals surface area contributed by atoms with Crippen LogP contribution in [0.4, 0.5) is 0 Å². The van der Waals surface area contributed by atoms with Gasteiger partial charge in [0, 0.05) is 12.2 Å². The van der Waals surface area contributed by atoms with Crippen molar-refractivity contribution in [2.45, 2.75) is 0 Å². The summed E-state index contributed by atoms with van der Waals surface area (Å²) in [6, 6.07) is 0. The van der Waals surface area contributed by atoms with Crippen molar-refractivity contribution in [1.82, 2.24) is 0 Å². The fourth-order valence-corrected chi connectivity index (χ4v) is 0. The molecule has 0 aliphatic heterocycles. The van der Waals surface area contributed by atoms with Gasteiger partial charge in [-0.2, -0.15) is 0 Å². The summed E-state index contributed by atoms with van der Waals surface area (Å²) in [6.45, 7) is 5.92. The van der Waals surface area contributed by atoms with E-state index in [0.717, 1.165) is 12.2 Å². The molecule has 0 aliphatic rings. The van der Waals surface area contributed by atoms with Gasteiger partial charge in [-0.25, -0.2) is 9.59 Å². The minimum Gasteiger partial charge on any atom is -1.00 e. The first-order valence-electron chi connectivity index (χ1n) is 2.25. The van der Waals surface area contributed by atoms with Crippen molar-refractivity contribution >= 4 is 11.9 Å². The molecule has 0 amide bonds. The predicted octanol–water partition coefficient (Wildman–Crippen LogP) is -2.37. The standard InChI is InChI=1S/2C3H4O2.Li.H/c2*1-2-3(4)5;;/h2*2H,1H2,(H,4,5);;/q;;+1;-1. The normalized spacial score (nSPS) is 5.82. The molecule has 0 spiro atoms. The maximum atomic E-state index is 9.25. The Morgan fingerprint density at radius 2 is 1.18 bits per heavy atom. The van der Waals surface area contributed by atoms with E-state index < -0.39 is 11.9 Å². The Morgan fingerprint density at radius 3 is 1.18 bits per heavy atom. The molecule has 0 aromatic carbocycles. The molecule has 0 fully saturated rings. The van der Waals surface area contributed by atoms with E-state index in [9.17, 15) is 9.59 Å². The molecule has 0 saturated heterocycles. The molecule has 5 heteroatoms. The van der Waals surface area contributed by atoms with Gasteiger partial charge in [-0.05, 0) is 0 Å². The molecule has 0 unspecified atom stereocenters. The smallest absolute Gasteiger partial charge is 1.00 e. The molecule has 11 heavy (non-hydrogen) atoms. The van der Waals surface area contributed by atoms with Crippen LogP contribution in [0, 0.1) is 0 Å². The summed E-state index contributed by atoms with van der Waals surface area (Å²) in [6.07, 6.45) is 1.67. The van der Waals surface area contributed by atoms with Crippen molar-refractivity contribution in [2.75, 3.05) is 0 Å². The molecular formula is C6H9LiO4. The van der Waals surface area contributed by atoms with Crippen molar-refractivity contribution in [1.29, 1.82) is 0 Å². The average molecular weight is 152 g/mol. The van der Waals surface area contributed by atoms with E-state index in [1.807, 2.05) is 0 Å². The minimum atomic E-state index is -0.981. The molecule has 0 aliphatic carbocycles. The Hall–Kier alpha value is -0.983. The summed E-state index contributed by atoms with van der Waals surface area (Å²) in [5.41, 5.74) is 0. The van der Waals surface area contributed by atoms with E-state index in [-0.39, 0.29) is 20.3 Å². The molecule has 0 bridgehead atoms. The monoisotopic (exact) mass is 152 g/mol. The second kappa shape index (κ2) is 11.8. The van der Waals surface area contributed by atoms with Crippen LogP contribution in [-0.2, 0) is 9.59 Å². The minimum absolute atomic E-state index is 0. The third-order valence-electron chi connectivity index (χ3n) is 0.349. The summed E-state index contributed by atoms with van der Waals surface area (Å²) >= 11 is 0. The Labute approximate surface area is 77.9 Å². The molecule has 0 rings (SSSR count). The van der Waals surface area contributed by atoms with Gasteiger partial charge in [0.1, 0.15) is 0 Å². The fourth-order valence-electron chi connectivity index (χ4n) is 0. The van der Waals surface area contributed by atoms with Gasteiger partial charge in [0.05, 0.1) is 0 Å². The van der Waals surface area contributed by atoms with E-state index in [2.05, 4.69) is 13.2 Å². The molecule has 0 atom stereocenters. The number of hydrogen-bond donors (Lipinski definition) is 2. The van der Waals surface area contributed by atoms with Gasteiger partial charge in [0.15, 0.2) is 0 Å². The van der Waals surface area contributed by atoms with Crippen LogP contribution in [0.1, 0.15) is 1.43 Å². The quantitative estimate of drug-likeness (QED) is 0.342. The van der Waals surface area contributed by atoms with Crippen LogP contribution in [-0.4, -0.2) is 22.2 Å². The maximum absolute atomic E-state index is 9.25. The van der Waals surface area contributed by atoms with E-state index in [1.165, 1.54) is 0 Å². The Morgan fingerprint density at radius 1 is 1.09 bits per heavy atom. The molecule has 2 N–H and O–H groups in total.